The van der Waals surface area contributed by atoms with Gasteiger partial charge in [0.05, 0.1) is 12.0 Å². The smallest absolute Gasteiger partial charge is 0.419 e. The number of hydrogen-bond acceptors (Lipinski definition) is 3. The fraction of sp³-hybridized carbons (Fsp3) is 0.259. The Labute approximate surface area is 216 Å². The van der Waals surface area contributed by atoms with Gasteiger partial charge in [-0.25, -0.2) is 4.39 Å². The molecule has 3 aromatic rings. The number of ether oxygens (including phenoxy) is 1. The molecule has 1 aliphatic rings. The van der Waals surface area contributed by atoms with Crippen LogP contribution < -0.4 is 10.1 Å². The molecule has 194 valence electrons. The standard InChI is InChI=1S/C27H23ClF4N2O3/c1-16-2-4-18-14-34(25(36)15-37-20-7-5-19(28)6-8-20)11-10-21(18)26(16)33-24(35)13-17-3-9-22(23(29)12-17)27(30,31)32/h2-9,12H,10-11,13-15H2,1H3,(H,33,35). The van der Waals surface area contributed by atoms with Crippen LogP contribution in [0.1, 0.15) is 27.8 Å². The fourth-order valence-corrected chi connectivity index (χ4v) is 4.32. The van der Waals surface area contributed by atoms with Gasteiger partial charge in [-0.2, -0.15) is 13.2 Å². The Kier molecular flexibility index (Phi) is 7.73. The molecule has 0 saturated heterocycles. The molecule has 1 aliphatic heterocycles. The van der Waals surface area contributed by atoms with Crippen LogP contribution in [0.25, 0.3) is 0 Å². The van der Waals surface area contributed by atoms with Crippen molar-refractivity contribution in [2.24, 2.45) is 0 Å². The Morgan fingerprint density at radius 3 is 2.49 bits per heavy atom. The number of anilines is 1. The molecule has 1 N–H and O–H groups in total. The molecule has 10 heteroatoms. The summed E-state index contributed by atoms with van der Waals surface area (Å²) in [5.74, 6) is -1.55. The van der Waals surface area contributed by atoms with Gasteiger partial charge < -0.3 is 15.0 Å². The summed E-state index contributed by atoms with van der Waals surface area (Å²) >= 11 is 5.86. The van der Waals surface area contributed by atoms with Crippen molar-refractivity contribution in [1.29, 1.82) is 0 Å². The summed E-state index contributed by atoms with van der Waals surface area (Å²) in [5.41, 5.74) is 1.91. The first-order valence-electron chi connectivity index (χ1n) is 11.4. The fourth-order valence-electron chi connectivity index (χ4n) is 4.19. The number of rotatable bonds is 6. The van der Waals surface area contributed by atoms with E-state index in [1.807, 2.05) is 19.1 Å². The van der Waals surface area contributed by atoms with Gasteiger partial charge in [0.15, 0.2) is 6.61 Å². The van der Waals surface area contributed by atoms with Crippen molar-refractivity contribution >= 4 is 29.1 Å². The number of fused-ring (bicyclic) bond motifs is 1. The molecule has 0 unspecified atom stereocenters. The first-order chi connectivity index (χ1) is 17.5. The van der Waals surface area contributed by atoms with Gasteiger partial charge in [-0.15, -0.1) is 0 Å². The Balaban J connectivity index is 1.41. The van der Waals surface area contributed by atoms with Crippen molar-refractivity contribution in [3.8, 4) is 5.75 Å². The second-order valence-electron chi connectivity index (χ2n) is 8.74. The van der Waals surface area contributed by atoms with Gasteiger partial charge in [0.2, 0.25) is 5.91 Å². The summed E-state index contributed by atoms with van der Waals surface area (Å²) in [6, 6.07) is 12.9. The van der Waals surface area contributed by atoms with Gasteiger partial charge in [-0.1, -0.05) is 29.8 Å². The van der Waals surface area contributed by atoms with Crippen LogP contribution in [0.4, 0.5) is 23.2 Å². The second kappa shape index (κ2) is 10.8. The molecule has 2 amide bonds. The lowest BCUT2D eigenvalue weighted by molar-refractivity contribution is -0.140. The van der Waals surface area contributed by atoms with Crippen LogP contribution in [0.3, 0.4) is 0 Å². The zero-order chi connectivity index (χ0) is 26.7. The van der Waals surface area contributed by atoms with E-state index in [-0.39, 0.29) is 24.5 Å². The monoisotopic (exact) mass is 534 g/mol. The number of nitrogens with one attached hydrogen (secondary N) is 1. The number of nitrogens with zero attached hydrogens (tertiary/aromatic N) is 1. The number of amides is 2. The average Bonchev–Trinajstić information content (AvgIpc) is 2.84. The molecular weight excluding hydrogens is 512 g/mol. The van der Waals surface area contributed by atoms with Crippen LogP contribution in [-0.4, -0.2) is 29.9 Å². The normalized spacial score (nSPS) is 13.2. The minimum absolute atomic E-state index is 0.128. The first kappa shape index (κ1) is 26.5. The number of alkyl halides is 3. The summed E-state index contributed by atoms with van der Waals surface area (Å²) < 4.78 is 57.8. The van der Waals surface area contributed by atoms with Gasteiger partial charge >= 0.3 is 6.18 Å². The Bertz CT molecular complexity index is 1330. The van der Waals surface area contributed by atoms with E-state index < -0.39 is 23.5 Å². The molecule has 0 saturated carbocycles. The lowest BCUT2D eigenvalue weighted by Gasteiger charge is -2.31. The van der Waals surface area contributed by atoms with Gasteiger partial charge in [0.1, 0.15) is 11.6 Å². The minimum atomic E-state index is -4.80. The third-order valence-corrected chi connectivity index (χ3v) is 6.36. The third-order valence-electron chi connectivity index (χ3n) is 6.11. The van der Waals surface area contributed by atoms with E-state index in [0.717, 1.165) is 28.8 Å². The highest BCUT2D eigenvalue weighted by Crippen LogP contribution is 2.32. The third kappa shape index (κ3) is 6.40. The van der Waals surface area contributed by atoms with E-state index in [1.165, 1.54) is 0 Å². The van der Waals surface area contributed by atoms with Gasteiger partial charge in [-0.3, -0.25) is 9.59 Å². The summed E-state index contributed by atoms with van der Waals surface area (Å²) in [4.78, 5) is 27.1. The number of carbonyl (C=O) groups is 2. The maximum Gasteiger partial charge on any atom is 0.419 e. The highest BCUT2D eigenvalue weighted by Gasteiger charge is 2.34. The number of carbonyl (C=O) groups excluding carboxylic acids is 2. The van der Waals surface area contributed by atoms with Crippen molar-refractivity contribution in [3.63, 3.8) is 0 Å². The predicted molar refractivity (Wildman–Crippen MR) is 131 cm³/mol. The minimum Gasteiger partial charge on any atom is -0.484 e. The van der Waals surface area contributed by atoms with Gasteiger partial charge in [-0.05, 0) is 72.0 Å². The second-order valence-corrected chi connectivity index (χ2v) is 9.18. The van der Waals surface area contributed by atoms with Crippen LogP contribution in [-0.2, 0) is 35.2 Å². The van der Waals surface area contributed by atoms with E-state index in [9.17, 15) is 27.2 Å². The Morgan fingerprint density at radius 1 is 1.08 bits per heavy atom. The van der Waals surface area contributed by atoms with Crippen molar-refractivity contribution < 1.29 is 31.9 Å². The van der Waals surface area contributed by atoms with Crippen LogP contribution in [0.15, 0.2) is 54.6 Å². The first-order valence-corrected chi connectivity index (χ1v) is 11.8. The summed E-state index contributed by atoms with van der Waals surface area (Å²) in [6.45, 7) is 2.46. The molecule has 3 aromatic carbocycles. The summed E-state index contributed by atoms with van der Waals surface area (Å²) in [5, 5.41) is 3.39. The van der Waals surface area contributed by atoms with E-state index >= 15 is 0 Å². The highest BCUT2D eigenvalue weighted by atomic mass is 35.5. The highest BCUT2D eigenvalue weighted by molar-refractivity contribution is 6.30. The van der Waals surface area contributed by atoms with Crippen molar-refractivity contribution in [2.75, 3.05) is 18.5 Å². The maximum atomic E-state index is 13.9. The molecule has 0 spiro atoms. The molecule has 4 rings (SSSR count). The van der Waals surface area contributed by atoms with Crippen LogP contribution in [0.2, 0.25) is 5.02 Å². The molecule has 37 heavy (non-hydrogen) atoms. The van der Waals surface area contributed by atoms with E-state index in [1.54, 1.807) is 29.2 Å². The molecule has 0 fully saturated rings. The molecule has 0 aliphatic carbocycles. The van der Waals surface area contributed by atoms with Crippen LogP contribution in [0, 0.1) is 12.7 Å². The number of hydrogen-bond donors (Lipinski definition) is 1. The largest absolute Gasteiger partial charge is 0.484 e. The average molecular weight is 535 g/mol. The van der Waals surface area contributed by atoms with Gasteiger partial charge in [0, 0.05) is 23.8 Å². The quantitative estimate of drug-likeness (QED) is 0.398. The number of benzene rings is 3. The number of aryl methyl sites for hydroxylation is 1. The zero-order valence-corrected chi connectivity index (χ0v) is 20.5. The topological polar surface area (TPSA) is 58.6 Å². The van der Waals surface area contributed by atoms with Gasteiger partial charge in [0.25, 0.3) is 5.91 Å². The maximum absolute atomic E-state index is 13.9. The van der Waals surface area contributed by atoms with E-state index in [2.05, 4.69) is 5.32 Å². The summed E-state index contributed by atoms with van der Waals surface area (Å²) in [6.07, 6.45) is -4.60. The lowest BCUT2D eigenvalue weighted by Crippen LogP contribution is -2.39. The molecule has 1 heterocycles. The van der Waals surface area contributed by atoms with Crippen molar-refractivity contribution in [3.05, 3.63) is 93.3 Å². The Morgan fingerprint density at radius 2 is 1.81 bits per heavy atom. The van der Waals surface area contributed by atoms with E-state index in [4.69, 9.17) is 16.3 Å². The molecule has 5 nitrogen and oxygen atoms in total. The predicted octanol–water partition coefficient (Wildman–Crippen LogP) is 5.95. The molecular formula is C27H23ClF4N2O3. The van der Waals surface area contributed by atoms with E-state index in [0.29, 0.717) is 42.0 Å². The summed E-state index contributed by atoms with van der Waals surface area (Å²) in [7, 11) is 0. The number of halogens is 5. The molecule has 0 bridgehead atoms. The molecule has 0 atom stereocenters. The Hall–Kier alpha value is -3.59. The lowest BCUT2D eigenvalue weighted by atomic mass is 9.94. The van der Waals surface area contributed by atoms with Crippen molar-refractivity contribution in [1.82, 2.24) is 4.90 Å². The zero-order valence-electron chi connectivity index (χ0n) is 19.8. The van der Waals surface area contributed by atoms with Crippen LogP contribution >= 0.6 is 11.6 Å². The molecule has 0 aromatic heterocycles. The molecule has 0 radical (unpaired) electrons. The SMILES string of the molecule is Cc1ccc2c(c1NC(=O)Cc1ccc(C(F)(F)F)c(F)c1)CCN(C(=O)COc1ccc(Cl)cc1)C2. The van der Waals surface area contributed by atoms with Crippen molar-refractivity contribution in [2.45, 2.75) is 32.5 Å². The van der Waals surface area contributed by atoms with Crippen LogP contribution in [0.5, 0.6) is 5.75 Å².